The summed E-state index contributed by atoms with van der Waals surface area (Å²) in [4.78, 5) is 20.1. The number of hydrogen-bond donors (Lipinski definition) is 1. The predicted molar refractivity (Wildman–Crippen MR) is 105 cm³/mol. The summed E-state index contributed by atoms with van der Waals surface area (Å²) in [6.07, 6.45) is 2.64. The Morgan fingerprint density at radius 2 is 2.12 bits per heavy atom. The molecule has 0 aliphatic heterocycles. The van der Waals surface area contributed by atoms with Crippen LogP contribution >= 0.6 is 11.3 Å². The van der Waals surface area contributed by atoms with Gasteiger partial charge in [0.05, 0.1) is 17.1 Å². The highest BCUT2D eigenvalue weighted by Gasteiger charge is 2.15. The highest BCUT2D eigenvalue weighted by Crippen LogP contribution is 2.24. The van der Waals surface area contributed by atoms with Crippen molar-refractivity contribution in [2.75, 3.05) is 18.4 Å². The second kappa shape index (κ2) is 8.78. The smallest absolute Gasteiger partial charge is 0.238 e. The maximum atomic E-state index is 12.4. The number of para-hydroxylation sites is 1. The summed E-state index contributed by atoms with van der Waals surface area (Å²) < 4.78 is 5.58. The van der Waals surface area contributed by atoms with E-state index in [1.807, 2.05) is 48.7 Å². The summed E-state index contributed by atoms with van der Waals surface area (Å²) in [5.74, 6) is 0.616. The predicted octanol–water partition coefficient (Wildman–Crippen LogP) is 4.56. The summed E-state index contributed by atoms with van der Waals surface area (Å²) in [5.41, 5.74) is 2.75. The molecule has 0 radical (unpaired) electrons. The van der Waals surface area contributed by atoms with Gasteiger partial charge in [-0.3, -0.25) is 9.69 Å². The summed E-state index contributed by atoms with van der Waals surface area (Å²) in [6, 6.07) is 11.8. The quantitative estimate of drug-likeness (QED) is 0.632. The largest absolute Gasteiger partial charge is 0.444 e. The first-order valence-electron chi connectivity index (χ1n) is 8.72. The molecule has 0 atom stereocenters. The summed E-state index contributed by atoms with van der Waals surface area (Å²) >= 11 is 1.60. The number of nitrogens with one attached hydrogen (secondary N) is 1. The Morgan fingerprint density at radius 3 is 2.85 bits per heavy atom. The zero-order valence-corrected chi connectivity index (χ0v) is 15.9. The van der Waals surface area contributed by atoms with E-state index >= 15 is 0 Å². The standard InChI is InChI=1S/C20H23N3O2S/c1-3-10-23(13-19(24)22-17-8-5-4-7-15(17)2)12-16-14-25-20(21-16)18-9-6-11-26-18/h4-9,11,14H,3,10,12-13H2,1-2H3,(H,22,24). The van der Waals surface area contributed by atoms with Gasteiger partial charge in [0.2, 0.25) is 11.8 Å². The number of thiophene rings is 1. The van der Waals surface area contributed by atoms with Crippen LogP contribution in [0.2, 0.25) is 0 Å². The van der Waals surface area contributed by atoms with Crippen molar-refractivity contribution in [1.29, 1.82) is 0 Å². The van der Waals surface area contributed by atoms with Crippen LogP contribution in [0.3, 0.4) is 0 Å². The third-order valence-corrected chi connectivity index (χ3v) is 4.85. The number of amides is 1. The fourth-order valence-corrected chi connectivity index (χ4v) is 3.41. The van der Waals surface area contributed by atoms with Crippen LogP contribution in [-0.4, -0.2) is 28.9 Å². The van der Waals surface area contributed by atoms with Crippen molar-refractivity contribution >= 4 is 22.9 Å². The number of hydrogen-bond acceptors (Lipinski definition) is 5. The third-order valence-electron chi connectivity index (χ3n) is 4.00. The SMILES string of the molecule is CCCN(CC(=O)Nc1ccccc1C)Cc1coc(-c2cccs2)n1. The zero-order valence-electron chi connectivity index (χ0n) is 15.1. The lowest BCUT2D eigenvalue weighted by atomic mass is 10.2. The van der Waals surface area contributed by atoms with Crippen molar-refractivity contribution in [3.8, 4) is 10.8 Å². The molecular weight excluding hydrogens is 346 g/mol. The van der Waals surface area contributed by atoms with Gasteiger partial charge in [-0.15, -0.1) is 11.3 Å². The molecule has 0 bridgehead atoms. The number of benzene rings is 1. The molecule has 0 fully saturated rings. The molecule has 2 heterocycles. The van der Waals surface area contributed by atoms with Crippen molar-refractivity contribution in [2.24, 2.45) is 0 Å². The topological polar surface area (TPSA) is 58.4 Å². The number of aryl methyl sites for hydroxylation is 1. The first-order chi connectivity index (χ1) is 12.7. The average Bonchev–Trinajstić information content (AvgIpc) is 3.28. The molecule has 3 aromatic rings. The summed E-state index contributed by atoms with van der Waals surface area (Å²) in [6.45, 7) is 5.82. The van der Waals surface area contributed by atoms with Crippen LogP contribution in [0.5, 0.6) is 0 Å². The fourth-order valence-electron chi connectivity index (χ4n) is 2.76. The Bertz CT molecular complexity index is 842. The molecule has 5 nitrogen and oxygen atoms in total. The molecule has 136 valence electrons. The van der Waals surface area contributed by atoms with E-state index in [0.717, 1.165) is 34.8 Å². The molecule has 0 aliphatic carbocycles. The third kappa shape index (κ3) is 4.80. The Hall–Kier alpha value is -2.44. The lowest BCUT2D eigenvalue weighted by Crippen LogP contribution is -2.33. The maximum Gasteiger partial charge on any atom is 0.238 e. The van der Waals surface area contributed by atoms with E-state index in [0.29, 0.717) is 19.0 Å². The molecule has 6 heteroatoms. The lowest BCUT2D eigenvalue weighted by Gasteiger charge is -2.20. The molecule has 26 heavy (non-hydrogen) atoms. The van der Waals surface area contributed by atoms with E-state index in [1.165, 1.54) is 0 Å². The van der Waals surface area contributed by atoms with Gasteiger partial charge in [-0.05, 0) is 43.0 Å². The summed E-state index contributed by atoms with van der Waals surface area (Å²) in [5, 5.41) is 4.99. The number of carbonyl (C=O) groups is 1. The minimum absolute atomic E-state index is 0.0188. The van der Waals surface area contributed by atoms with Gasteiger partial charge in [-0.1, -0.05) is 31.2 Å². The average molecular weight is 369 g/mol. The monoisotopic (exact) mass is 369 g/mol. The van der Waals surface area contributed by atoms with Gasteiger partial charge in [0, 0.05) is 12.2 Å². The van der Waals surface area contributed by atoms with E-state index in [4.69, 9.17) is 4.42 Å². The summed E-state index contributed by atoms with van der Waals surface area (Å²) in [7, 11) is 0. The number of oxazole rings is 1. The number of rotatable bonds is 8. The van der Waals surface area contributed by atoms with Gasteiger partial charge in [-0.25, -0.2) is 4.98 Å². The van der Waals surface area contributed by atoms with E-state index in [1.54, 1.807) is 17.6 Å². The molecule has 0 saturated carbocycles. The number of carbonyl (C=O) groups excluding carboxylic acids is 1. The van der Waals surface area contributed by atoms with E-state index in [9.17, 15) is 4.79 Å². The fraction of sp³-hybridized carbons (Fsp3) is 0.300. The molecule has 1 aromatic carbocycles. The van der Waals surface area contributed by atoms with Crippen molar-refractivity contribution in [3.05, 3.63) is 59.3 Å². The molecule has 1 N–H and O–H groups in total. The molecule has 0 unspecified atom stereocenters. The molecule has 3 rings (SSSR count). The molecule has 0 aliphatic rings. The van der Waals surface area contributed by atoms with Crippen LogP contribution < -0.4 is 5.32 Å². The van der Waals surface area contributed by atoms with Gasteiger partial charge in [0.15, 0.2) is 0 Å². The Kier molecular flexibility index (Phi) is 6.20. The van der Waals surface area contributed by atoms with E-state index < -0.39 is 0 Å². The van der Waals surface area contributed by atoms with E-state index in [2.05, 4.69) is 22.1 Å². The van der Waals surface area contributed by atoms with E-state index in [-0.39, 0.29) is 5.91 Å². The lowest BCUT2D eigenvalue weighted by molar-refractivity contribution is -0.117. The van der Waals surface area contributed by atoms with Crippen molar-refractivity contribution in [3.63, 3.8) is 0 Å². The zero-order chi connectivity index (χ0) is 18.4. The normalized spacial score (nSPS) is 11.0. The highest BCUT2D eigenvalue weighted by molar-refractivity contribution is 7.13. The van der Waals surface area contributed by atoms with Crippen LogP contribution in [-0.2, 0) is 11.3 Å². The molecular formula is C20H23N3O2S. The van der Waals surface area contributed by atoms with Gasteiger partial charge >= 0.3 is 0 Å². The first-order valence-corrected chi connectivity index (χ1v) is 9.59. The van der Waals surface area contributed by atoms with Crippen LogP contribution in [0.1, 0.15) is 24.6 Å². The van der Waals surface area contributed by atoms with Gasteiger partial charge in [-0.2, -0.15) is 0 Å². The van der Waals surface area contributed by atoms with Gasteiger partial charge in [0.1, 0.15) is 6.26 Å². The van der Waals surface area contributed by atoms with Gasteiger partial charge < -0.3 is 9.73 Å². The Balaban J connectivity index is 1.62. The number of anilines is 1. The molecule has 1 amide bonds. The second-order valence-corrected chi connectivity index (χ2v) is 7.14. The maximum absolute atomic E-state index is 12.4. The Morgan fingerprint density at radius 1 is 1.27 bits per heavy atom. The van der Waals surface area contributed by atoms with Crippen LogP contribution in [0, 0.1) is 6.92 Å². The van der Waals surface area contributed by atoms with Crippen molar-refractivity contribution in [2.45, 2.75) is 26.8 Å². The van der Waals surface area contributed by atoms with Crippen molar-refractivity contribution in [1.82, 2.24) is 9.88 Å². The van der Waals surface area contributed by atoms with Crippen LogP contribution in [0.15, 0.2) is 52.5 Å². The minimum Gasteiger partial charge on any atom is -0.444 e. The Labute approximate surface area is 157 Å². The van der Waals surface area contributed by atoms with Crippen molar-refractivity contribution < 1.29 is 9.21 Å². The van der Waals surface area contributed by atoms with Crippen LogP contribution in [0.25, 0.3) is 10.8 Å². The molecule has 2 aromatic heterocycles. The van der Waals surface area contributed by atoms with Gasteiger partial charge in [0.25, 0.3) is 0 Å². The second-order valence-electron chi connectivity index (χ2n) is 6.20. The minimum atomic E-state index is -0.0188. The number of nitrogens with zero attached hydrogens (tertiary/aromatic N) is 2. The number of aromatic nitrogens is 1. The first kappa shape index (κ1) is 18.4. The highest BCUT2D eigenvalue weighted by atomic mass is 32.1. The van der Waals surface area contributed by atoms with Crippen LogP contribution in [0.4, 0.5) is 5.69 Å². The molecule has 0 saturated heterocycles. The molecule has 0 spiro atoms.